The zero-order chi connectivity index (χ0) is 15.3. The van der Waals surface area contributed by atoms with Gasteiger partial charge in [-0.3, -0.25) is 5.32 Å². The van der Waals surface area contributed by atoms with Crippen LogP contribution >= 0.6 is 10.8 Å². The molecule has 0 atom stereocenters. The van der Waals surface area contributed by atoms with Crippen LogP contribution in [0.5, 0.6) is 0 Å². The Kier molecular flexibility index (Phi) is 4.87. The van der Waals surface area contributed by atoms with E-state index in [-0.39, 0.29) is 4.90 Å². The number of benzene rings is 2. The Hall–Kier alpha value is -1.99. The van der Waals surface area contributed by atoms with E-state index in [1.807, 2.05) is 6.07 Å². The average molecular weight is 323 g/mol. The van der Waals surface area contributed by atoms with Crippen LogP contribution in [0, 0.1) is 0 Å². The molecule has 2 aromatic rings. The monoisotopic (exact) mass is 323 g/mol. The third kappa shape index (κ3) is 4.24. The van der Waals surface area contributed by atoms with E-state index >= 15 is 0 Å². The first-order valence-electron chi connectivity index (χ1n) is 5.96. The van der Waals surface area contributed by atoms with E-state index in [1.165, 1.54) is 31.4 Å². The number of anilines is 1. The van der Waals surface area contributed by atoms with Crippen LogP contribution < -0.4 is 5.32 Å². The highest BCUT2D eigenvalue weighted by atomic mass is 33.1. The van der Waals surface area contributed by atoms with Crippen molar-refractivity contribution in [3.05, 3.63) is 54.6 Å². The molecule has 2 rings (SSSR count). The van der Waals surface area contributed by atoms with Gasteiger partial charge in [0.15, 0.2) is 0 Å². The molecule has 7 heteroatoms. The van der Waals surface area contributed by atoms with Gasteiger partial charge in [-0.05, 0) is 36.4 Å². The van der Waals surface area contributed by atoms with Crippen molar-refractivity contribution in [2.75, 3.05) is 12.4 Å². The molecule has 0 aromatic heterocycles. The predicted molar refractivity (Wildman–Crippen MR) is 82.0 cm³/mol. The Labute approximate surface area is 126 Å². The summed E-state index contributed by atoms with van der Waals surface area (Å²) in [7, 11) is -1.45. The van der Waals surface area contributed by atoms with Gasteiger partial charge in [0.1, 0.15) is 0 Å². The van der Waals surface area contributed by atoms with Gasteiger partial charge in [0, 0.05) is 21.4 Å². The van der Waals surface area contributed by atoms with Crippen molar-refractivity contribution >= 4 is 31.4 Å². The van der Waals surface area contributed by atoms with Crippen LogP contribution in [0.1, 0.15) is 0 Å². The number of hydrogen-bond donors (Lipinski definition) is 1. The zero-order valence-electron chi connectivity index (χ0n) is 11.1. The molecule has 5 nitrogen and oxygen atoms in total. The molecule has 0 saturated carbocycles. The van der Waals surface area contributed by atoms with Gasteiger partial charge in [0.2, 0.25) is 8.87 Å². The third-order valence-electron chi connectivity index (χ3n) is 2.52. The SMILES string of the molecule is COC(=O)Nc1ccc(S(=O)(=O)Sc2ccccc2)cc1. The molecule has 110 valence electrons. The number of methoxy groups -OCH3 is 1. The second-order valence-corrected chi connectivity index (χ2v) is 7.83. The number of carbonyl (C=O) groups is 1. The Morgan fingerprint density at radius 3 is 2.24 bits per heavy atom. The molecule has 0 bridgehead atoms. The summed E-state index contributed by atoms with van der Waals surface area (Å²) >= 11 is 0. The van der Waals surface area contributed by atoms with Gasteiger partial charge in [-0.25, -0.2) is 13.2 Å². The smallest absolute Gasteiger partial charge is 0.411 e. The lowest BCUT2D eigenvalue weighted by Crippen LogP contribution is -2.10. The second-order valence-electron chi connectivity index (χ2n) is 3.99. The topological polar surface area (TPSA) is 72.5 Å². The number of rotatable bonds is 4. The highest BCUT2D eigenvalue weighted by Gasteiger charge is 2.16. The second kappa shape index (κ2) is 6.64. The van der Waals surface area contributed by atoms with E-state index in [1.54, 1.807) is 24.3 Å². The Morgan fingerprint density at radius 2 is 1.67 bits per heavy atom. The summed E-state index contributed by atoms with van der Waals surface area (Å²) in [5, 5.41) is 2.46. The van der Waals surface area contributed by atoms with Crippen LogP contribution in [0.3, 0.4) is 0 Å². The predicted octanol–water partition coefficient (Wildman–Crippen LogP) is 3.35. The van der Waals surface area contributed by atoms with Crippen LogP contribution in [-0.4, -0.2) is 21.6 Å². The van der Waals surface area contributed by atoms with E-state index in [4.69, 9.17) is 0 Å². The van der Waals surface area contributed by atoms with Crippen molar-refractivity contribution in [3.8, 4) is 0 Å². The van der Waals surface area contributed by atoms with Gasteiger partial charge in [0.05, 0.1) is 12.0 Å². The molecule has 0 aliphatic heterocycles. The summed E-state index contributed by atoms with van der Waals surface area (Å²) in [5.41, 5.74) is 0.463. The van der Waals surface area contributed by atoms with Crippen molar-refractivity contribution in [3.63, 3.8) is 0 Å². The third-order valence-corrected chi connectivity index (χ3v) is 5.87. The molecule has 0 fully saturated rings. The van der Waals surface area contributed by atoms with Crippen molar-refractivity contribution in [1.29, 1.82) is 0 Å². The Bertz CT molecular complexity index is 712. The van der Waals surface area contributed by atoms with Gasteiger partial charge in [-0.15, -0.1) is 0 Å². The number of amides is 1. The molecule has 0 spiro atoms. The lowest BCUT2D eigenvalue weighted by Gasteiger charge is -2.06. The minimum absolute atomic E-state index is 0.173. The van der Waals surface area contributed by atoms with Crippen molar-refractivity contribution in [2.45, 2.75) is 9.79 Å². The normalized spacial score (nSPS) is 10.9. The molecule has 0 aliphatic rings. The summed E-state index contributed by atoms with van der Waals surface area (Å²) in [6, 6.07) is 14.7. The number of carbonyl (C=O) groups excluding carboxylic acids is 1. The number of ether oxygens (including phenoxy) is 1. The highest BCUT2D eigenvalue weighted by molar-refractivity contribution is 8.72. The maximum Gasteiger partial charge on any atom is 0.411 e. The fourth-order valence-electron chi connectivity index (χ4n) is 1.52. The molecular weight excluding hydrogens is 310 g/mol. The molecule has 1 amide bonds. The summed E-state index contributed by atoms with van der Waals surface area (Å²) in [6.07, 6.45) is -0.607. The first kappa shape index (κ1) is 15.4. The molecule has 0 aliphatic carbocycles. The van der Waals surface area contributed by atoms with E-state index in [0.29, 0.717) is 10.6 Å². The van der Waals surface area contributed by atoms with Gasteiger partial charge in [-0.1, -0.05) is 18.2 Å². The van der Waals surface area contributed by atoms with Crippen LogP contribution in [0.4, 0.5) is 10.5 Å². The van der Waals surface area contributed by atoms with Crippen LogP contribution in [0.25, 0.3) is 0 Å². The first-order valence-corrected chi connectivity index (χ1v) is 8.77. The van der Waals surface area contributed by atoms with Gasteiger partial charge >= 0.3 is 6.09 Å². The maximum absolute atomic E-state index is 12.2. The Morgan fingerprint density at radius 1 is 1.05 bits per heavy atom. The number of hydrogen-bond acceptors (Lipinski definition) is 5. The van der Waals surface area contributed by atoms with E-state index in [9.17, 15) is 13.2 Å². The van der Waals surface area contributed by atoms with Gasteiger partial charge in [0.25, 0.3) is 0 Å². The maximum atomic E-state index is 12.2. The van der Waals surface area contributed by atoms with Crippen LogP contribution in [0.2, 0.25) is 0 Å². The van der Waals surface area contributed by atoms with Crippen LogP contribution in [-0.2, 0) is 13.6 Å². The Balaban J connectivity index is 2.15. The zero-order valence-corrected chi connectivity index (χ0v) is 12.8. The summed E-state index contributed by atoms with van der Waals surface area (Å²) < 4.78 is 28.9. The molecular formula is C14H13NO4S2. The summed E-state index contributed by atoms with van der Waals surface area (Å²) in [5.74, 6) is 0. The summed E-state index contributed by atoms with van der Waals surface area (Å²) in [4.78, 5) is 11.9. The minimum atomic E-state index is -3.49. The standard InChI is InChI=1S/C14H13NO4S2/c1-19-14(16)15-11-7-9-13(10-8-11)21(17,18)20-12-5-3-2-4-6-12/h2-10H,1H3,(H,15,16). The summed E-state index contributed by atoms with van der Waals surface area (Å²) in [6.45, 7) is 0. The van der Waals surface area contributed by atoms with Gasteiger partial charge < -0.3 is 4.74 Å². The molecule has 0 saturated heterocycles. The fourth-order valence-corrected chi connectivity index (χ4v) is 4.33. The van der Waals surface area contributed by atoms with Gasteiger partial charge in [-0.2, -0.15) is 0 Å². The molecule has 0 heterocycles. The first-order chi connectivity index (χ1) is 10.0. The lowest BCUT2D eigenvalue weighted by atomic mass is 10.3. The number of nitrogens with one attached hydrogen (secondary N) is 1. The van der Waals surface area contributed by atoms with Crippen molar-refractivity contribution < 1.29 is 17.9 Å². The molecule has 0 unspecified atom stereocenters. The quantitative estimate of drug-likeness (QED) is 0.874. The lowest BCUT2D eigenvalue weighted by molar-refractivity contribution is 0.187. The molecule has 1 N–H and O–H groups in total. The fraction of sp³-hybridized carbons (Fsp3) is 0.0714. The molecule has 0 radical (unpaired) electrons. The molecule has 2 aromatic carbocycles. The van der Waals surface area contributed by atoms with E-state index in [2.05, 4.69) is 10.1 Å². The minimum Gasteiger partial charge on any atom is -0.453 e. The van der Waals surface area contributed by atoms with Crippen LogP contribution in [0.15, 0.2) is 64.4 Å². The largest absolute Gasteiger partial charge is 0.453 e. The van der Waals surface area contributed by atoms with E-state index < -0.39 is 15.0 Å². The van der Waals surface area contributed by atoms with Crippen molar-refractivity contribution in [2.24, 2.45) is 0 Å². The van der Waals surface area contributed by atoms with Crippen molar-refractivity contribution in [1.82, 2.24) is 0 Å². The molecule has 21 heavy (non-hydrogen) atoms. The average Bonchev–Trinajstić information content (AvgIpc) is 2.48. The highest BCUT2D eigenvalue weighted by Crippen LogP contribution is 2.31. The van der Waals surface area contributed by atoms with E-state index in [0.717, 1.165) is 10.8 Å².